The van der Waals surface area contributed by atoms with E-state index in [1.54, 1.807) is 7.11 Å². The lowest BCUT2D eigenvalue weighted by molar-refractivity contribution is -0.137. The Kier molecular flexibility index (Phi) is 7.85. The monoisotopic (exact) mass is 433 g/mol. The number of halogens is 1. The summed E-state index contributed by atoms with van der Waals surface area (Å²) in [4.78, 5) is 24.5. The van der Waals surface area contributed by atoms with E-state index in [2.05, 4.69) is 20.8 Å². The summed E-state index contributed by atoms with van der Waals surface area (Å²) in [6.07, 6.45) is 2.34. The molecule has 0 heterocycles. The number of ether oxygens (including phenoxy) is 1. The lowest BCUT2D eigenvalue weighted by Crippen LogP contribution is -2.25. The molecule has 0 unspecified atom stereocenters. The molecule has 2 rings (SSSR count). The van der Waals surface area contributed by atoms with Crippen LogP contribution < -0.4 is 9.64 Å². The first-order valence-corrected chi connectivity index (χ1v) is 9.59. The second-order valence-corrected chi connectivity index (χ2v) is 7.25. The van der Waals surface area contributed by atoms with E-state index in [9.17, 15) is 9.59 Å². The quantitative estimate of drug-likeness (QED) is 0.428. The highest BCUT2D eigenvalue weighted by Crippen LogP contribution is 2.29. The highest BCUT2D eigenvalue weighted by Gasteiger charge is 2.14. The molecule has 0 spiro atoms. The number of carboxylic acid groups (broad SMARTS) is 1. The van der Waals surface area contributed by atoms with Gasteiger partial charge in [-0.3, -0.25) is 9.59 Å². The Morgan fingerprint density at radius 2 is 1.93 bits per heavy atom. The fraction of sp³-hybridized carbons (Fsp3) is 0.333. The summed E-state index contributed by atoms with van der Waals surface area (Å²) in [6.45, 7) is 3.28. The average Bonchev–Trinajstić information content (AvgIpc) is 2.66. The van der Waals surface area contributed by atoms with Crippen LogP contribution in [0.2, 0.25) is 0 Å². The average molecular weight is 434 g/mol. The van der Waals surface area contributed by atoms with Gasteiger partial charge in [-0.15, -0.1) is 0 Å². The first-order valence-electron chi connectivity index (χ1n) is 8.79. The highest BCUT2D eigenvalue weighted by atomic mass is 79.9. The van der Waals surface area contributed by atoms with Gasteiger partial charge in [0, 0.05) is 35.2 Å². The number of carbonyl (C=O) groups excluding carboxylic acids is 1. The molecule has 27 heavy (non-hydrogen) atoms. The number of aliphatic carboxylic acids is 1. The van der Waals surface area contributed by atoms with Crippen molar-refractivity contribution in [1.29, 1.82) is 0 Å². The van der Waals surface area contributed by atoms with Crippen molar-refractivity contribution in [2.24, 2.45) is 0 Å². The van der Waals surface area contributed by atoms with Crippen LogP contribution in [0, 0.1) is 6.92 Å². The third kappa shape index (κ3) is 6.10. The van der Waals surface area contributed by atoms with Gasteiger partial charge in [-0.2, -0.15) is 0 Å². The van der Waals surface area contributed by atoms with Crippen LogP contribution in [-0.2, 0) is 11.3 Å². The topological polar surface area (TPSA) is 66.8 Å². The molecule has 0 saturated heterocycles. The summed E-state index contributed by atoms with van der Waals surface area (Å²) in [7, 11) is 1.63. The molecule has 0 aliphatic carbocycles. The zero-order valence-corrected chi connectivity index (χ0v) is 17.2. The van der Waals surface area contributed by atoms with Crippen LogP contribution in [0.1, 0.15) is 40.7 Å². The number of benzene rings is 2. The van der Waals surface area contributed by atoms with E-state index >= 15 is 0 Å². The SMILES string of the molecule is COc1ccc(CN(CCCCC(=O)O)c2cc(C)c(Br)cc2C=O)cc1. The molecule has 0 aliphatic rings. The number of unbranched alkanes of at least 4 members (excludes halogenated alkanes) is 1. The first-order chi connectivity index (χ1) is 12.9. The molecule has 1 N–H and O–H groups in total. The minimum atomic E-state index is -0.787. The van der Waals surface area contributed by atoms with Crippen LogP contribution in [0.5, 0.6) is 5.75 Å². The van der Waals surface area contributed by atoms with Crippen LogP contribution in [-0.4, -0.2) is 31.0 Å². The van der Waals surface area contributed by atoms with Gasteiger partial charge in [-0.05, 0) is 55.2 Å². The van der Waals surface area contributed by atoms with Crippen molar-refractivity contribution in [2.75, 3.05) is 18.6 Å². The molecule has 144 valence electrons. The maximum Gasteiger partial charge on any atom is 0.303 e. The van der Waals surface area contributed by atoms with Gasteiger partial charge in [0.2, 0.25) is 0 Å². The summed E-state index contributed by atoms with van der Waals surface area (Å²) in [5.74, 6) is 0.00426. The van der Waals surface area contributed by atoms with Gasteiger partial charge in [0.25, 0.3) is 0 Å². The number of carbonyl (C=O) groups is 2. The molecule has 0 saturated carbocycles. The van der Waals surface area contributed by atoms with Gasteiger partial charge in [-0.1, -0.05) is 28.1 Å². The van der Waals surface area contributed by atoms with Crippen molar-refractivity contribution in [3.63, 3.8) is 0 Å². The van der Waals surface area contributed by atoms with E-state index in [0.29, 0.717) is 25.1 Å². The predicted molar refractivity (Wildman–Crippen MR) is 110 cm³/mol. The van der Waals surface area contributed by atoms with Crippen molar-refractivity contribution >= 4 is 33.9 Å². The third-order valence-corrected chi connectivity index (χ3v) is 5.23. The maximum atomic E-state index is 11.6. The number of methoxy groups -OCH3 is 1. The molecule has 6 heteroatoms. The molecule has 0 atom stereocenters. The molecule has 2 aromatic carbocycles. The van der Waals surface area contributed by atoms with Crippen molar-refractivity contribution < 1.29 is 19.4 Å². The fourth-order valence-electron chi connectivity index (χ4n) is 2.86. The van der Waals surface area contributed by atoms with Gasteiger partial charge in [0.05, 0.1) is 7.11 Å². The largest absolute Gasteiger partial charge is 0.497 e. The summed E-state index contributed by atoms with van der Waals surface area (Å²) < 4.78 is 6.10. The van der Waals surface area contributed by atoms with E-state index in [-0.39, 0.29) is 6.42 Å². The Morgan fingerprint density at radius 1 is 1.22 bits per heavy atom. The van der Waals surface area contributed by atoms with Crippen molar-refractivity contribution in [2.45, 2.75) is 32.7 Å². The van der Waals surface area contributed by atoms with Gasteiger partial charge in [0.1, 0.15) is 5.75 Å². The first kappa shape index (κ1) is 21.0. The number of hydrogen-bond acceptors (Lipinski definition) is 4. The van der Waals surface area contributed by atoms with E-state index in [0.717, 1.165) is 39.7 Å². The maximum absolute atomic E-state index is 11.6. The van der Waals surface area contributed by atoms with Gasteiger partial charge < -0.3 is 14.7 Å². The van der Waals surface area contributed by atoms with Crippen molar-refractivity contribution in [1.82, 2.24) is 0 Å². The van der Waals surface area contributed by atoms with Crippen LogP contribution >= 0.6 is 15.9 Å². The number of aryl methyl sites for hydroxylation is 1. The Labute approximate surface area is 168 Å². The van der Waals surface area contributed by atoms with Crippen molar-refractivity contribution in [3.8, 4) is 5.75 Å². The molecule has 0 radical (unpaired) electrons. The fourth-order valence-corrected chi connectivity index (χ4v) is 3.23. The summed E-state index contributed by atoms with van der Waals surface area (Å²) >= 11 is 3.48. The second kappa shape index (κ2) is 10.1. The molecule has 0 fully saturated rings. The number of nitrogens with zero attached hydrogens (tertiary/aromatic N) is 1. The zero-order valence-electron chi connectivity index (χ0n) is 15.6. The normalized spacial score (nSPS) is 10.5. The Balaban J connectivity index is 2.26. The lowest BCUT2D eigenvalue weighted by Gasteiger charge is -2.27. The number of rotatable bonds is 10. The standard InChI is InChI=1S/C21H24BrNO4/c1-15-11-20(17(14-24)12-19(15)22)23(10-4-3-5-21(25)26)13-16-6-8-18(27-2)9-7-16/h6-9,11-12,14H,3-5,10,13H2,1-2H3,(H,25,26). The van der Waals surface area contributed by atoms with E-state index in [1.807, 2.05) is 43.3 Å². The molecular formula is C21H24BrNO4. The number of hydrogen-bond donors (Lipinski definition) is 1. The number of carboxylic acids is 1. The van der Waals surface area contributed by atoms with Crippen LogP contribution in [0.4, 0.5) is 5.69 Å². The van der Waals surface area contributed by atoms with Crippen LogP contribution in [0.3, 0.4) is 0 Å². The number of anilines is 1. The van der Waals surface area contributed by atoms with Gasteiger partial charge >= 0.3 is 5.97 Å². The van der Waals surface area contributed by atoms with E-state index < -0.39 is 5.97 Å². The highest BCUT2D eigenvalue weighted by molar-refractivity contribution is 9.10. The van der Waals surface area contributed by atoms with Gasteiger partial charge in [-0.25, -0.2) is 0 Å². The van der Waals surface area contributed by atoms with E-state index in [4.69, 9.17) is 9.84 Å². The molecule has 0 amide bonds. The third-order valence-electron chi connectivity index (χ3n) is 4.38. The van der Waals surface area contributed by atoms with Crippen LogP contribution in [0.15, 0.2) is 40.9 Å². The van der Waals surface area contributed by atoms with Crippen LogP contribution in [0.25, 0.3) is 0 Å². The Morgan fingerprint density at radius 3 is 2.52 bits per heavy atom. The predicted octanol–water partition coefficient (Wildman–Crippen LogP) is 4.84. The molecule has 2 aromatic rings. The number of aldehydes is 1. The lowest BCUT2D eigenvalue weighted by atomic mass is 10.1. The summed E-state index contributed by atoms with van der Waals surface area (Å²) in [5, 5.41) is 8.85. The molecule has 0 bridgehead atoms. The minimum absolute atomic E-state index is 0.149. The molecule has 0 aliphatic heterocycles. The Hall–Kier alpha value is -2.34. The minimum Gasteiger partial charge on any atom is -0.497 e. The second-order valence-electron chi connectivity index (χ2n) is 6.40. The zero-order chi connectivity index (χ0) is 19.8. The van der Waals surface area contributed by atoms with Gasteiger partial charge in [0.15, 0.2) is 6.29 Å². The summed E-state index contributed by atoms with van der Waals surface area (Å²) in [5.41, 5.74) is 3.60. The smallest absolute Gasteiger partial charge is 0.303 e. The molecular weight excluding hydrogens is 410 g/mol. The summed E-state index contributed by atoms with van der Waals surface area (Å²) in [6, 6.07) is 11.6. The van der Waals surface area contributed by atoms with E-state index in [1.165, 1.54) is 0 Å². The molecule has 5 nitrogen and oxygen atoms in total. The molecule has 0 aromatic heterocycles. The van der Waals surface area contributed by atoms with Crippen molar-refractivity contribution in [3.05, 3.63) is 57.6 Å². The Bertz CT molecular complexity index is 790.